The van der Waals surface area contributed by atoms with Crippen molar-refractivity contribution in [2.45, 2.75) is 51.2 Å². The molecule has 1 N–H and O–H groups in total. The van der Waals surface area contributed by atoms with E-state index >= 15 is 0 Å². The monoisotopic (exact) mass is 311 g/mol. The maximum atomic E-state index is 9.97. The van der Waals surface area contributed by atoms with Gasteiger partial charge in [0.1, 0.15) is 0 Å². The molecule has 4 heteroatoms. The third-order valence-electron chi connectivity index (χ3n) is 6.08. The van der Waals surface area contributed by atoms with Crippen LogP contribution >= 0.6 is 0 Å². The van der Waals surface area contributed by atoms with Crippen LogP contribution in [0.2, 0.25) is 0 Å². The van der Waals surface area contributed by atoms with Crippen molar-refractivity contribution in [3.63, 3.8) is 0 Å². The third-order valence-corrected chi connectivity index (χ3v) is 6.08. The summed E-state index contributed by atoms with van der Waals surface area (Å²) in [5.41, 5.74) is 2.46. The molecule has 122 valence electrons. The van der Waals surface area contributed by atoms with Gasteiger partial charge in [0.2, 0.25) is 0 Å². The van der Waals surface area contributed by atoms with E-state index in [9.17, 15) is 5.11 Å². The molecule has 2 fully saturated rings. The van der Waals surface area contributed by atoms with Crippen molar-refractivity contribution >= 4 is 0 Å². The zero-order valence-corrected chi connectivity index (χ0v) is 13.7. The van der Waals surface area contributed by atoms with E-state index < -0.39 is 0 Å². The molecule has 0 amide bonds. The lowest BCUT2D eigenvalue weighted by atomic mass is 9.72. The zero-order chi connectivity index (χ0) is 15.9. The van der Waals surface area contributed by atoms with Gasteiger partial charge in [-0.25, -0.2) is 4.68 Å². The van der Waals surface area contributed by atoms with Gasteiger partial charge < -0.3 is 5.11 Å². The lowest BCUT2D eigenvalue weighted by Crippen LogP contribution is -2.39. The topological polar surface area (TPSA) is 41.3 Å². The van der Waals surface area contributed by atoms with Crippen LogP contribution < -0.4 is 0 Å². The molecular formula is C19H25N3O. The number of aromatic nitrogens is 2. The fourth-order valence-electron chi connectivity index (χ4n) is 4.76. The minimum absolute atomic E-state index is 0.112. The highest BCUT2D eigenvalue weighted by Gasteiger charge is 2.54. The number of rotatable bonds is 5. The van der Waals surface area contributed by atoms with Gasteiger partial charge in [-0.2, -0.15) is 5.10 Å². The molecule has 0 radical (unpaired) electrons. The van der Waals surface area contributed by atoms with Gasteiger partial charge in [-0.05, 0) is 43.9 Å². The van der Waals surface area contributed by atoms with E-state index in [0.29, 0.717) is 18.7 Å². The van der Waals surface area contributed by atoms with Crippen molar-refractivity contribution in [2.75, 3.05) is 6.61 Å². The molecule has 1 aromatic carbocycles. The molecule has 2 bridgehead atoms. The summed E-state index contributed by atoms with van der Waals surface area (Å²) in [7, 11) is 0. The van der Waals surface area contributed by atoms with Crippen LogP contribution in [0.1, 0.15) is 38.3 Å². The molecule has 3 atom stereocenters. The van der Waals surface area contributed by atoms with Gasteiger partial charge in [0, 0.05) is 30.2 Å². The number of hydrogen-bond acceptors (Lipinski definition) is 3. The first-order valence-electron chi connectivity index (χ1n) is 8.72. The van der Waals surface area contributed by atoms with E-state index in [0.717, 1.165) is 25.1 Å². The maximum Gasteiger partial charge on any atom is 0.0649 e. The second-order valence-electron chi connectivity index (χ2n) is 7.07. The first-order chi connectivity index (χ1) is 11.3. The second kappa shape index (κ2) is 5.77. The summed E-state index contributed by atoms with van der Waals surface area (Å²) in [5, 5.41) is 14.5. The molecule has 4 rings (SSSR count). The highest BCUT2D eigenvalue weighted by molar-refractivity contribution is 5.32. The van der Waals surface area contributed by atoms with E-state index in [1.54, 1.807) is 0 Å². The van der Waals surface area contributed by atoms with Crippen molar-refractivity contribution in [3.05, 3.63) is 48.3 Å². The Morgan fingerprint density at radius 3 is 2.74 bits per heavy atom. The number of aliphatic hydroxyl groups is 1. The average Bonchev–Trinajstić information content (AvgIpc) is 3.30. The Balaban J connectivity index is 1.60. The van der Waals surface area contributed by atoms with Crippen LogP contribution in [-0.2, 0) is 6.54 Å². The fourth-order valence-corrected chi connectivity index (χ4v) is 4.76. The van der Waals surface area contributed by atoms with Crippen LogP contribution in [0.4, 0.5) is 0 Å². The summed E-state index contributed by atoms with van der Waals surface area (Å²) in [6.07, 6.45) is 6.59. The van der Waals surface area contributed by atoms with Crippen molar-refractivity contribution < 1.29 is 5.11 Å². The Morgan fingerprint density at radius 1 is 1.22 bits per heavy atom. The van der Waals surface area contributed by atoms with Gasteiger partial charge in [0.25, 0.3) is 0 Å². The Bertz CT molecular complexity index is 662. The highest BCUT2D eigenvalue weighted by Crippen LogP contribution is 2.51. The molecule has 2 saturated heterocycles. The first kappa shape index (κ1) is 14.9. The van der Waals surface area contributed by atoms with Crippen molar-refractivity contribution in [2.24, 2.45) is 5.41 Å². The summed E-state index contributed by atoms with van der Waals surface area (Å²) in [4.78, 5) is 2.62. The molecule has 23 heavy (non-hydrogen) atoms. The van der Waals surface area contributed by atoms with Gasteiger partial charge >= 0.3 is 0 Å². The molecule has 0 spiro atoms. The number of aliphatic hydroxyl groups excluding tert-OH is 1. The quantitative estimate of drug-likeness (QED) is 0.923. The number of fused-ring (bicyclic) bond motifs is 2. The van der Waals surface area contributed by atoms with Crippen LogP contribution in [0.3, 0.4) is 0 Å². The molecule has 0 saturated carbocycles. The predicted molar refractivity (Wildman–Crippen MR) is 90.3 cm³/mol. The maximum absolute atomic E-state index is 9.97. The SMILES string of the molecule is CC[C@@]1(CO)C[C@@H]2CC[C@H]1N2Cc1ccnn1-c1ccccc1. The van der Waals surface area contributed by atoms with Gasteiger partial charge in [0.05, 0.1) is 18.0 Å². The first-order valence-corrected chi connectivity index (χ1v) is 8.72. The number of nitrogens with zero attached hydrogens (tertiary/aromatic N) is 3. The van der Waals surface area contributed by atoms with E-state index in [1.165, 1.54) is 18.5 Å². The molecule has 2 aliphatic heterocycles. The molecule has 2 aliphatic rings. The molecule has 3 heterocycles. The van der Waals surface area contributed by atoms with Crippen LogP contribution in [0, 0.1) is 5.41 Å². The minimum Gasteiger partial charge on any atom is -0.396 e. The molecule has 1 aromatic heterocycles. The standard InChI is InChI=1S/C19H25N3O/c1-2-19(14-23)12-16-8-9-18(19)21(16)13-17-10-11-20-22(17)15-6-4-3-5-7-15/h3-7,10-11,16,18,23H,2,8-9,12-14H2,1H3/t16-,18+,19-/m0/s1. The van der Waals surface area contributed by atoms with Gasteiger partial charge in [0.15, 0.2) is 0 Å². The predicted octanol–water partition coefficient (Wildman–Crippen LogP) is 3.00. The van der Waals surface area contributed by atoms with Crippen LogP contribution in [0.5, 0.6) is 0 Å². The summed E-state index contributed by atoms with van der Waals surface area (Å²) in [6, 6.07) is 13.6. The number of benzene rings is 1. The molecule has 4 nitrogen and oxygen atoms in total. The third kappa shape index (κ3) is 2.32. The lowest BCUT2D eigenvalue weighted by molar-refractivity contribution is 0.0709. The Kier molecular flexibility index (Phi) is 3.74. The highest BCUT2D eigenvalue weighted by atomic mass is 16.3. The lowest BCUT2D eigenvalue weighted by Gasteiger charge is -2.35. The molecule has 0 unspecified atom stereocenters. The Morgan fingerprint density at radius 2 is 2.04 bits per heavy atom. The molecular weight excluding hydrogens is 286 g/mol. The summed E-state index contributed by atoms with van der Waals surface area (Å²) >= 11 is 0. The Hall–Kier alpha value is -1.65. The normalized spacial score (nSPS) is 30.2. The Labute approximate surface area is 137 Å². The fraction of sp³-hybridized carbons (Fsp3) is 0.526. The second-order valence-corrected chi connectivity index (χ2v) is 7.07. The van der Waals surface area contributed by atoms with Crippen LogP contribution in [0.15, 0.2) is 42.6 Å². The molecule has 0 aliphatic carbocycles. The summed E-state index contributed by atoms with van der Waals surface area (Å²) in [5.74, 6) is 0. The van der Waals surface area contributed by atoms with E-state index in [-0.39, 0.29) is 5.41 Å². The van der Waals surface area contributed by atoms with Crippen LogP contribution in [-0.4, -0.2) is 38.5 Å². The number of para-hydroxylation sites is 1. The molecule has 2 aromatic rings. The smallest absolute Gasteiger partial charge is 0.0649 e. The largest absolute Gasteiger partial charge is 0.396 e. The van der Waals surface area contributed by atoms with Gasteiger partial charge in [-0.1, -0.05) is 25.1 Å². The van der Waals surface area contributed by atoms with Crippen LogP contribution in [0.25, 0.3) is 5.69 Å². The van der Waals surface area contributed by atoms with E-state index in [2.05, 4.69) is 35.1 Å². The zero-order valence-electron chi connectivity index (χ0n) is 13.7. The summed E-state index contributed by atoms with van der Waals surface area (Å²) in [6.45, 7) is 3.47. The van der Waals surface area contributed by atoms with E-state index in [1.807, 2.05) is 29.1 Å². The van der Waals surface area contributed by atoms with Crippen molar-refractivity contribution in [3.8, 4) is 5.69 Å². The van der Waals surface area contributed by atoms with E-state index in [4.69, 9.17) is 0 Å². The average molecular weight is 311 g/mol. The number of hydrogen-bond donors (Lipinski definition) is 1. The van der Waals surface area contributed by atoms with Gasteiger partial charge in [-0.3, -0.25) is 4.90 Å². The minimum atomic E-state index is 0.112. The van der Waals surface area contributed by atoms with Crippen molar-refractivity contribution in [1.29, 1.82) is 0 Å². The van der Waals surface area contributed by atoms with Crippen molar-refractivity contribution in [1.82, 2.24) is 14.7 Å². The summed E-state index contributed by atoms with van der Waals surface area (Å²) < 4.78 is 2.05. The van der Waals surface area contributed by atoms with Gasteiger partial charge in [-0.15, -0.1) is 0 Å².